The quantitative estimate of drug-likeness (QED) is 0.823. The van der Waals surface area contributed by atoms with Gasteiger partial charge in [0.2, 0.25) is 5.43 Å². The van der Waals surface area contributed by atoms with Gasteiger partial charge in [0.15, 0.2) is 0 Å². The maximum atomic E-state index is 14.9. The highest BCUT2D eigenvalue weighted by Gasteiger charge is 2.30. The van der Waals surface area contributed by atoms with Crippen molar-refractivity contribution >= 4 is 22.6 Å². The molecule has 0 saturated carbocycles. The predicted octanol–water partition coefficient (Wildman–Crippen LogP) is 0.500. The second kappa shape index (κ2) is 5.45. The number of halogens is 1. The second-order valence-electron chi connectivity index (χ2n) is 6.73. The van der Waals surface area contributed by atoms with Crippen molar-refractivity contribution in [3.05, 3.63) is 39.4 Å². The molecule has 2 aliphatic heterocycles. The standard InChI is InChI=1S/C17H19FN4O3/c1-20-4-3-10-14-11(16(23)12(17(24)25)8-22(14)20)6-13(18)15(10)21-5-2-9(19)7-21/h6,8-9H,2-5,7,19H2,1H3,(H,24,25). The van der Waals surface area contributed by atoms with Crippen LogP contribution in [0.1, 0.15) is 22.3 Å². The second-order valence-corrected chi connectivity index (χ2v) is 6.73. The van der Waals surface area contributed by atoms with E-state index in [9.17, 15) is 19.1 Å². The number of aromatic carboxylic acids is 1. The molecule has 0 spiro atoms. The molecule has 1 atom stereocenters. The number of hydrogen-bond donors (Lipinski definition) is 2. The Morgan fingerprint density at radius 3 is 2.80 bits per heavy atom. The molecular formula is C17H19FN4O3. The lowest BCUT2D eigenvalue weighted by Gasteiger charge is -2.33. The summed E-state index contributed by atoms with van der Waals surface area (Å²) in [5.41, 5.74) is 6.78. The van der Waals surface area contributed by atoms with Gasteiger partial charge in [-0.3, -0.25) is 9.47 Å². The van der Waals surface area contributed by atoms with E-state index in [0.29, 0.717) is 37.3 Å². The minimum atomic E-state index is -1.31. The van der Waals surface area contributed by atoms with E-state index in [4.69, 9.17) is 5.73 Å². The SMILES string of the molecule is CN1CCc2c(N3CCC(N)C3)c(F)cc3c(=O)c(C(=O)O)cn1c23. The van der Waals surface area contributed by atoms with Crippen LogP contribution in [0.15, 0.2) is 17.1 Å². The molecule has 25 heavy (non-hydrogen) atoms. The molecule has 3 heterocycles. The summed E-state index contributed by atoms with van der Waals surface area (Å²) in [6.07, 6.45) is 2.70. The van der Waals surface area contributed by atoms with Gasteiger partial charge < -0.3 is 20.7 Å². The zero-order valence-electron chi connectivity index (χ0n) is 13.8. The number of carboxylic acids is 1. The number of benzene rings is 1. The Morgan fingerprint density at radius 2 is 2.16 bits per heavy atom. The van der Waals surface area contributed by atoms with Crippen LogP contribution in [-0.4, -0.2) is 48.5 Å². The highest BCUT2D eigenvalue weighted by molar-refractivity contribution is 5.95. The number of likely N-dealkylation sites (N-methyl/N-ethyl adjacent to an activating group) is 1. The zero-order valence-corrected chi connectivity index (χ0v) is 13.8. The Hall–Kier alpha value is -2.61. The maximum absolute atomic E-state index is 14.9. The van der Waals surface area contributed by atoms with Crippen molar-refractivity contribution in [3.8, 4) is 0 Å². The normalized spacial score (nSPS) is 19.7. The van der Waals surface area contributed by atoms with E-state index < -0.39 is 17.2 Å². The zero-order chi connectivity index (χ0) is 17.9. The number of aromatic nitrogens is 1. The summed E-state index contributed by atoms with van der Waals surface area (Å²) in [6, 6.07) is 1.17. The highest BCUT2D eigenvalue weighted by Crippen LogP contribution is 2.35. The fourth-order valence-electron chi connectivity index (χ4n) is 3.88. The summed E-state index contributed by atoms with van der Waals surface area (Å²) in [5.74, 6) is -1.81. The molecule has 0 radical (unpaired) electrons. The van der Waals surface area contributed by atoms with Crippen molar-refractivity contribution in [1.82, 2.24) is 4.68 Å². The molecule has 2 aromatic rings. The number of pyridine rings is 1. The first-order chi connectivity index (χ1) is 11.9. The summed E-state index contributed by atoms with van der Waals surface area (Å²) in [4.78, 5) is 25.9. The summed E-state index contributed by atoms with van der Waals surface area (Å²) in [5, 5.41) is 11.2. The van der Waals surface area contributed by atoms with Crippen LogP contribution in [0.4, 0.5) is 10.1 Å². The number of rotatable bonds is 2. The monoisotopic (exact) mass is 346 g/mol. The fraction of sp³-hybridized carbons (Fsp3) is 0.412. The van der Waals surface area contributed by atoms with Crippen LogP contribution in [0.2, 0.25) is 0 Å². The van der Waals surface area contributed by atoms with Gasteiger partial charge >= 0.3 is 5.97 Å². The molecule has 1 aromatic carbocycles. The molecule has 8 heteroatoms. The largest absolute Gasteiger partial charge is 0.477 e. The smallest absolute Gasteiger partial charge is 0.341 e. The average molecular weight is 346 g/mol. The molecule has 1 fully saturated rings. The molecule has 7 nitrogen and oxygen atoms in total. The van der Waals surface area contributed by atoms with Gasteiger partial charge in [-0.05, 0) is 18.9 Å². The van der Waals surface area contributed by atoms with Gasteiger partial charge in [-0.1, -0.05) is 0 Å². The van der Waals surface area contributed by atoms with Crippen LogP contribution in [0.25, 0.3) is 10.9 Å². The van der Waals surface area contributed by atoms with E-state index in [0.717, 1.165) is 12.0 Å². The van der Waals surface area contributed by atoms with Crippen LogP contribution >= 0.6 is 0 Å². The Bertz CT molecular complexity index is 955. The average Bonchev–Trinajstić information content (AvgIpc) is 2.98. The van der Waals surface area contributed by atoms with Crippen LogP contribution in [-0.2, 0) is 6.42 Å². The third kappa shape index (κ3) is 2.28. The highest BCUT2D eigenvalue weighted by atomic mass is 19.1. The van der Waals surface area contributed by atoms with E-state index in [1.807, 2.05) is 17.0 Å². The minimum Gasteiger partial charge on any atom is -0.477 e. The molecule has 1 saturated heterocycles. The minimum absolute atomic E-state index is 0.00476. The van der Waals surface area contributed by atoms with Gasteiger partial charge in [0.1, 0.15) is 11.4 Å². The first-order valence-electron chi connectivity index (χ1n) is 8.24. The number of carbonyl (C=O) groups is 1. The van der Waals surface area contributed by atoms with Crippen molar-refractivity contribution in [2.45, 2.75) is 18.9 Å². The van der Waals surface area contributed by atoms with Crippen LogP contribution in [0, 0.1) is 5.82 Å². The van der Waals surface area contributed by atoms with Gasteiger partial charge in [-0.25, -0.2) is 9.18 Å². The molecular weight excluding hydrogens is 327 g/mol. The number of anilines is 1. The molecule has 0 amide bonds. The lowest BCUT2D eigenvalue weighted by Crippen LogP contribution is -2.39. The number of nitrogens with two attached hydrogens (primary N) is 1. The lowest BCUT2D eigenvalue weighted by atomic mass is 9.99. The van der Waals surface area contributed by atoms with Gasteiger partial charge in [-0.15, -0.1) is 0 Å². The number of carboxylic acid groups (broad SMARTS) is 1. The van der Waals surface area contributed by atoms with Crippen LogP contribution < -0.4 is 21.1 Å². The Balaban J connectivity index is 2.07. The van der Waals surface area contributed by atoms with E-state index in [1.165, 1.54) is 12.3 Å². The van der Waals surface area contributed by atoms with E-state index in [1.54, 1.807) is 4.68 Å². The van der Waals surface area contributed by atoms with Crippen molar-refractivity contribution in [2.75, 3.05) is 36.6 Å². The molecule has 4 rings (SSSR count). The van der Waals surface area contributed by atoms with Crippen LogP contribution in [0.3, 0.4) is 0 Å². The van der Waals surface area contributed by atoms with Crippen molar-refractivity contribution < 1.29 is 14.3 Å². The molecule has 3 N–H and O–H groups in total. The third-order valence-electron chi connectivity index (χ3n) is 5.12. The molecule has 1 unspecified atom stereocenters. The van der Waals surface area contributed by atoms with E-state index in [2.05, 4.69) is 0 Å². The van der Waals surface area contributed by atoms with Crippen molar-refractivity contribution in [3.63, 3.8) is 0 Å². The molecule has 1 aromatic heterocycles. The van der Waals surface area contributed by atoms with Crippen molar-refractivity contribution in [2.24, 2.45) is 5.73 Å². The maximum Gasteiger partial charge on any atom is 0.341 e. The molecule has 0 bridgehead atoms. The lowest BCUT2D eigenvalue weighted by molar-refractivity contribution is 0.0695. The summed E-state index contributed by atoms with van der Waals surface area (Å²) in [7, 11) is 1.81. The summed E-state index contributed by atoms with van der Waals surface area (Å²) >= 11 is 0. The van der Waals surface area contributed by atoms with Crippen molar-refractivity contribution in [1.29, 1.82) is 0 Å². The Morgan fingerprint density at radius 1 is 1.40 bits per heavy atom. The molecule has 132 valence electrons. The fourth-order valence-corrected chi connectivity index (χ4v) is 3.88. The topological polar surface area (TPSA) is 91.8 Å². The van der Waals surface area contributed by atoms with E-state index in [-0.39, 0.29) is 17.0 Å². The first-order valence-corrected chi connectivity index (χ1v) is 8.24. The molecule has 2 aliphatic rings. The van der Waals surface area contributed by atoms with Crippen LogP contribution in [0.5, 0.6) is 0 Å². The number of nitrogens with zero attached hydrogens (tertiary/aromatic N) is 3. The Kier molecular flexibility index (Phi) is 3.47. The predicted molar refractivity (Wildman–Crippen MR) is 92.6 cm³/mol. The Labute approximate surface area is 143 Å². The third-order valence-corrected chi connectivity index (χ3v) is 5.12. The van der Waals surface area contributed by atoms with E-state index >= 15 is 0 Å². The van der Waals surface area contributed by atoms with Gasteiger partial charge in [0.25, 0.3) is 0 Å². The van der Waals surface area contributed by atoms with Gasteiger partial charge in [-0.2, -0.15) is 0 Å². The molecule has 0 aliphatic carbocycles. The summed E-state index contributed by atoms with van der Waals surface area (Å²) in [6.45, 7) is 1.84. The van der Waals surface area contributed by atoms with Gasteiger partial charge in [0.05, 0.1) is 16.6 Å². The van der Waals surface area contributed by atoms with Gasteiger partial charge in [0, 0.05) is 44.5 Å². The first kappa shape index (κ1) is 15.9. The summed E-state index contributed by atoms with van der Waals surface area (Å²) < 4.78 is 16.6. The number of hydrogen-bond acceptors (Lipinski definition) is 5.